The second kappa shape index (κ2) is 8.29. The molecule has 1 unspecified atom stereocenters. The fourth-order valence-electron chi connectivity index (χ4n) is 1.28. The third kappa shape index (κ3) is 6.41. The van der Waals surface area contributed by atoms with Crippen molar-refractivity contribution in [2.75, 3.05) is 13.2 Å². The van der Waals surface area contributed by atoms with E-state index in [0.717, 1.165) is 0 Å². The molecule has 0 aromatic carbocycles. The maximum atomic E-state index is 14.6. The summed E-state index contributed by atoms with van der Waals surface area (Å²) in [4.78, 5) is 23.6. The predicted octanol–water partition coefficient (Wildman–Crippen LogP) is 3.85. The molecule has 0 aliphatic carbocycles. The molecule has 148 valence electrons. The molecular formula is C15H23F5O5. The number of alkyl halides is 5. The standard InChI is InChI=1S/C15H23F5O5/c1-6-12(3,4)10(21)25-15(20,11(22)23-7-2)24-9-8-14(18,19)13(5,16)17/h6-9H2,1-5H3. The SMILES string of the molecule is CCOC(=O)C(F)(OCCC(F)(F)C(C)(F)F)OC(=O)C(C)(C)CC. The largest absolute Gasteiger partial charge is 0.468 e. The number of halogens is 5. The molecule has 0 bridgehead atoms. The quantitative estimate of drug-likeness (QED) is 0.328. The average Bonchev–Trinajstić information content (AvgIpc) is 2.45. The molecule has 0 aromatic heterocycles. The lowest BCUT2D eigenvalue weighted by Gasteiger charge is -2.29. The van der Waals surface area contributed by atoms with E-state index in [1.54, 1.807) is 6.92 Å². The molecule has 0 saturated carbocycles. The van der Waals surface area contributed by atoms with Gasteiger partial charge in [-0.1, -0.05) is 6.92 Å². The van der Waals surface area contributed by atoms with E-state index in [-0.39, 0.29) is 20.0 Å². The van der Waals surface area contributed by atoms with Crippen molar-refractivity contribution < 1.29 is 45.8 Å². The molecule has 0 amide bonds. The fraction of sp³-hybridized carbons (Fsp3) is 0.867. The van der Waals surface area contributed by atoms with Crippen molar-refractivity contribution in [3.8, 4) is 0 Å². The average molecular weight is 378 g/mol. The minimum atomic E-state index is -4.50. The molecule has 0 N–H and O–H groups in total. The van der Waals surface area contributed by atoms with Crippen molar-refractivity contribution in [2.45, 2.75) is 65.3 Å². The molecule has 0 spiro atoms. The van der Waals surface area contributed by atoms with Crippen molar-refractivity contribution in [3.05, 3.63) is 0 Å². The summed E-state index contributed by atoms with van der Waals surface area (Å²) in [7, 11) is 0. The van der Waals surface area contributed by atoms with Crippen molar-refractivity contribution in [2.24, 2.45) is 5.41 Å². The van der Waals surface area contributed by atoms with Crippen LogP contribution in [-0.4, -0.2) is 43.0 Å². The van der Waals surface area contributed by atoms with Gasteiger partial charge in [-0.05, 0) is 27.2 Å². The van der Waals surface area contributed by atoms with E-state index >= 15 is 0 Å². The molecule has 10 heteroatoms. The minimum Gasteiger partial charge on any atom is -0.459 e. The smallest absolute Gasteiger partial charge is 0.459 e. The van der Waals surface area contributed by atoms with E-state index in [2.05, 4.69) is 14.2 Å². The summed E-state index contributed by atoms with van der Waals surface area (Å²) in [5.74, 6) is -11.8. The highest BCUT2D eigenvalue weighted by Crippen LogP contribution is 2.37. The van der Waals surface area contributed by atoms with Gasteiger partial charge in [-0.25, -0.2) is 13.6 Å². The number of esters is 2. The second-order valence-corrected chi connectivity index (χ2v) is 6.07. The number of carbonyl (C=O) groups is 2. The van der Waals surface area contributed by atoms with Gasteiger partial charge in [-0.3, -0.25) is 4.79 Å². The normalized spacial score (nSPS) is 15.4. The highest BCUT2D eigenvalue weighted by Gasteiger charge is 2.54. The fourth-order valence-corrected chi connectivity index (χ4v) is 1.28. The topological polar surface area (TPSA) is 61.8 Å². The van der Waals surface area contributed by atoms with Crippen LogP contribution in [0.5, 0.6) is 0 Å². The van der Waals surface area contributed by atoms with Crippen LogP contribution in [0.1, 0.15) is 47.5 Å². The molecule has 0 heterocycles. The van der Waals surface area contributed by atoms with Gasteiger partial charge in [-0.2, -0.15) is 13.2 Å². The first-order valence-corrected chi connectivity index (χ1v) is 7.62. The Morgan fingerprint density at radius 2 is 1.44 bits per heavy atom. The molecule has 5 nitrogen and oxygen atoms in total. The molecule has 0 radical (unpaired) electrons. The molecule has 0 aliphatic rings. The van der Waals surface area contributed by atoms with Crippen LogP contribution in [0.2, 0.25) is 0 Å². The zero-order valence-corrected chi connectivity index (χ0v) is 14.8. The zero-order chi connectivity index (χ0) is 20.1. The maximum absolute atomic E-state index is 14.6. The first-order chi connectivity index (χ1) is 11.1. The van der Waals surface area contributed by atoms with Gasteiger partial charge in [0.05, 0.1) is 18.6 Å². The first-order valence-electron chi connectivity index (χ1n) is 7.62. The van der Waals surface area contributed by atoms with Crippen molar-refractivity contribution >= 4 is 11.9 Å². The minimum absolute atomic E-state index is 0.00909. The number of hydrogen-bond donors (Lipinski definition) is 0. The van der Waals surface area contributed by atoms with Crippen LogP contribution < -0.4 is 0 Å². The number of carbonyl (C=O) groups excluding carboxylic acids is 2. The molecular weight excluding hydrogens is 355 g/mol. The van der Waals surface area contributed by atoms with Gasteiger partial charge < -0.3 is 14.2 Å². The van der Waals surface area contributed by atoms with E-state index in [0.29, 0.717) is 0 Å². The third-order valence-electron chi connectivity index (χ3n) is 3.53. The van der Waals surface area contributed by atoms with Gasteiger partial charge in [0.25, 0.3) is 0 Å². The lowest BCUT2D eigenvalue weighted by Crippen LogP contribution is -2.47. The summed E-state index contributed by atoms with van der Waals surface area (Å²) in [5, 5.41) is 0. The van der Waals surface area contributed by atoms with Gasteiger partial charge >= 0.3 is 29.8 Å². The van der Waals surface area contributed by atoms with Gasteiger partial charge in [0, 0.05) is 13.3 Å². The Morgan fingerprint density at radius 3 is 1.84 bits per heavy atom. The van der Waals surface area contributed by atoms with Crippen LogP contribution in [0.25, 0.3) is 0 Å². The molecule has 0 saturated heterocycles. The monoisotopic (exact) mass is 378 g/mol. The van der Waals surface area contributed by atoms with Gasteiger partial charge in [-0.15, -0.1) is 0 Å². The van der Waals surface area contributed by atoms with Gasteiger partial charge in [0.2, 0.25) is 0 Å². The Labute approximate surface area is 142 Å². The Morgan fingerprint density at radius 1 is 0.920 bits per heavy atom. The molecule has 1 atom stereocenters. The van der Waals surface area contributed by atoms with E-state index in [1.165, 1.54) is 20.8 Å². The summed E-state index contributed by atoms with van der Waals surface area (Å²) in [6.45, 7) is 4.07. The van der Waals surface area contributed by atoms with Crippen LogP contribution >= 0.6 is 0 Å². The highest BCUT2D eigenvalue weighted by molar-refractivity contribution is 5.82. The maximum Gasteiger partial charge on any atom is 0.468 e. The van der Waals surface area contributed by atoms with Crippen molar-refractivity contribution in [1.29, 1.82) is 0 Å². The van der Waals surface area contributed by atoms with E-state index < -0.39 is 48.3 Å². The number of ether oxygens (including phenoxy) is 3. The Bertz CT molecular complexity index is 475. The lowest BCUT2D eigenvalue weighted by atomic mass is 9.91. The van der Waals surface area contributed by atoms with E-state index in [4.69, 9.17) is 0 Å². The highest BCUT2D eigenvalue weighted by atomic mass is 19.3. The van der Waals surface area contributed by atoms with Crippen LogP contribution in [0, 0.1) is 5.41 Å². The summed E-state index contributed by atoms with van der Waals surface area (Å²) in [6.07, 6.45) is -1.39. The summed E-state index contributed by atoms with van der Waals surface area (Å²) < 4.78 is 79.4. The third-order valence-corrected chi connectivity index (χ3v) is 3.53. The van der Waals surface area contributed by atoms with Gasteiger partial charge in [0.1, 0.15) is 0 Å². The number of rotatable bonds is 10. The number of hydrogen-bond acceptors (Lipinski definition) is 5. The first kappa shape index (κ1) is 23.5. The van der Waals surface area contributed by atoms with Crippen LogP contribution in [-0.2, 0) is 23.8 Å². The van der Waals surface area contributed by atoms with E-state index in [9.17, 15) is 31.5 Å². The molecule has 0 aliphatic heterocycles. The van der Waals surface area contributed by atoms with Crippen LogP contribution in [0.3, 0.4) is 0 Å². The molecule has 0 aromatic rings. The van der Waals surface area contributed by atoms with E-state index in [1.807, 2.05) is 0 Å². The summed E-state index contributed by atoms with van der Waals surface area (Å²) >= 11 is 0. The van der Waals surface area contributed by atoms with Crippen molar-refractivity contribution in [1.82, 2.24) is 0 Å². The lowest BCUT2D eigenvalue weighted by molar-refractivity contribution is -0.305. The van der Waals surface area contributed by atoms with Crippen LogP contribution in [0.4, 0.5) is 22.0 Å². The molecule has 0 rings (SSSR count). The predicted molar refractivity (Wildman–Crippen MR) is 76.8 cm³/mol. The molecule has 0 fully saturated rings. The second-order valence-electron chi connectivity index (χ2n) is 6.07. The zero-order valence-electron chi connectivity index (χ0n) is 14.8. The summed E-state index contributed by atoms with van der Waals surface area (Å²) in [6, 6.07) is -3.81. The molecule has 25 heavy (non-hydrogen) atoms. The van der Waals surface area contributed by atoms with Crippen LogP contribution in [0.15, 0.2) is 0 Å². The Hall–Kier alpha value is -1.45. The Kier molecular flexibility index (Phi) is 7.81. The Balaban J connectivity index is 5.19. The van der Waals surface area contributed by atoms with Crippen molar-refractivity contribution in [3.63, 3.8) is 0 Å². The summed E-state index contributed by atoms with van der Waals surface area (Å²) in [5.41, 5.74) is -1.20. The van der Waals surface area contributed by atoms with Gasteiger partial charge in [0.15, 0.2) is 0 Å².